The number of hydrogen-bond acceptors (Lipinski definition) is 3. The number of aromatic hydroxyl groups is 2. The summed E-state index contributed by atoms with van der Waals surface area (Å²) in [5.41, 5.74) is 1.29. The van der Waals surface area contributed by atoms with Crippen LogP contribution in [0.4, 0.5) is 0 Å². The third-order valence-electron chi connectivity index (χ3n) is 4.39. The summed E-state index contributed by atoms with van der Waals surface area (Å²) < 4.78 is 0. The Hall–Kier alpha value is -1.22. The van der Waals surface area contributed by atoms with Gasteiger partial charge in [-0.1, -0.05) is 32.8 Å². The largest absolute Gasteiger partial charge is 0.508 e. The monoisotopic (exact) mass is 277 g/mol. The molecule has 0 spiro atoms. The summed E-state index contributed by atoms with van der Waals surface area (Å²) in [5.74, 6) is 1.01. The molecule has 1 aromatic carbocycles. The minimum Gasteiger partial charge on any atom is -0.508 e. The van der Waals surface area contributed by atoms with Crippen LogP contribution in [0.1, 0.15) is 51.5 Å². The first-order valence-corrected chi connectivity index (χ1v) is 7.72. The van der Waals surface area contributed by atoms with Crippen molar-refractivity contribution in [2.45, 2.75) is 52.5 Å². The molecule has 0 amide bonds. The van der Waals surface area contributed by atoms with Gasteiger partial charge < -0.3 is 15.5 Å². The molecule has 0 unspecified atom stereocenters. The highest BCUT2D eigenvalue weighted by molar-refractivity contribution is 5.38. The Balaban J connectivity index is 1.90. The van der Waals surface area contributed by atoms with E-state index in [0.29, 0.717) is 12.0 Å². The van der Waals surface area contributed by atoms with Crippen LogP contribution in [0.25, 0.3) is 0 Å². The van der Waals surface area contributed by atoms with E-state index < -0.39 is 0 Å². The van der Waals surface area contributed by atoms with E-state index in [1.807, 2.05) is 0 Å². The van der Waals surface area contributed by atoms with Crippen LogP contribution in [0, 0.1) is 11.3 Å². The minimum atomic E-state index is 0.110. The molecule has 0 saturated heterocycles. The summed E-state index contributed by atoms with van der Waals surface area (Å²) in [7, 11) is 0. The molecule has 0 heterocycles. The molecule has 3 N–H and O–H groups in total. The van der Waals surface area contributed by atoms with Crippen LogP contribution in [-0.4, -0.2) is 16.8 Å². The topological polar surface area (TPSA) is 52.5 Å². The maximum absolute atomic E-state index is 9.79. The molecule has 1 aromatic rings. The van der Waals surface area contributed by atoms with Crippen LogP contribution >= 0.6 is 0 Å². The third kappa shape index (κ3) is 3.89. The molecule has 1 saturated carbocycles. The zero-order chi connectivity index (χ0) is 14.6. The van der Waals surface area contributed by atoms with Crippen molar-refractivity contribution < 1.29 is 10.2 Å². The summed E-state index contributed by atoms with van der Waals surface area (Å²) in [4.78, 5) is 0. The molecule has 3 nitrogen and oxygen atoms in total. The van der Waals surface area contributed by atoms with Gasteiger partial charge in [-0.15, -0.1) is 0 Å². The first kappa shape index (κ1) is 15.2. The first-order valence-electron chi connectivity index (χ1n) is 7.72. The summed E-state index contributed by atoms with van der Waals surface area (Å²) in [5, 5.41) is 22.6. The van der Waals surface area contributed by atoms with Crippen LogP contribution in [0.5, 0.6) is 11.5 Å². The maximum Gasteiger partial charge on any atom is 0.123 e. The van der Waals surface area contributed by atoms with E-state index >= 15 is 0 Å². The van der Waals surface area contributed by atoms with Gasteiger partial charge in [0.25, 0.3) is 0 Å². The zero-order valence-electron chi connectivity index (χ0n) is 12.7. The van der Waals surface area contributed by atoms with E-state index in [9.17, 15) is 10.2 Å². The molecule has 0 aliphatic heterocycles. The standard InChI is InChI=1S/C17H27NO2/c1-13(2)10-17(7-3-4-8-17)12-18-11-14-5-6-15(19)9-16(14)20/h5-6,9,13,18-20H,3-4,7-8,10-12H2,1-2H3. The Bertz CT molecular complexity index is 437. The summed E-state index contributed by atoms with van der Waals surface area (Å²) in [6, 6.07) is 4.80. The van der Waals surface area contributed by atoms with Gasteiger partial charge in [-0.05, 0) is 36.7 Å². The molecular formula is C17H27NO2. The highest BCUT2D eigenvalue weighted by Crippen LogP contribution is 2.42. The molecule has 1 aliphatic carbocycles. The van der Waals surface area contributed by atoms with Crippen molar-refractivity contribution >= 4 is 0 Å². The van der Waals surface area contributed by atoms with Gasteiger partial charge >= 0.3 is 0 Å². The smallest absolute Gasteiger partial charge is 0.123 e. The Kier molecular flexibility index (Phi) is 4.92. The first-order chi connectivity index (χ1) is 9.51. The fourth-order valence-corrected chi connectivity index (χ4v) is 3.61. The van der Waals surface area contributed by atoms with Crippen LogP contribution in [-0.2, 0) is 6.54 Å². The number of hydrogen-bond donors (Lipinski definition) is 3. The van der Waals surface area contributed by atoms with Gasteiger partial charge in [-0.25, -0.2) is 0 Å². The quantitative estimate of drug-likeness (QED) is 0.741. The molecule has 0 bridgehead atoms. The highest BCUT2D eigenvalue weighted by atomic mass is 16.3. The van der Waals surface area contributed by atoms with E-state index in [1.54, 1.807) is 12.1 Å². The number of nitrogens with one attached hydrogen (secondary N) is 1. The summed E-state index contributed by atoms with van der Waals surface area (Å²) >= 11 is 0. The van der Waals surface area contributed by atoms with Crippen molar-refractivity contribution in [3.63, 3.8) is 0 Å². The maximum atomic E-state index is 9.79. The van der Waals surface area contributed by atoms with E-state index in [4.69, 9.17) is 0 Å². The van der Waals surface area contributed by atoms with Gasteiger partial charge in [0.1, 0.15) is 11.5 Å². The number of phenolic OH excluding ortho intramolecular Hbond substituents is 2. The predicted octanol–water partition coefficient (Wildman–Crippen LogP) is 3.79. The van der Waals surface area contributed by atoms with Gasteiger partial charge in [0, 0.05) is 24.7 Å². The average Bonchev–Trinajstić information content (AvgIpc) is 2.80. The predicted molar refractivity (Wildman–Crippen MR) is 81.8 cm³/mol. The summed E-state index contributed by atoms with van der Waals surface area (Å²) in [6.45, 7) is 6.27. The Morgan fingerprint density at radius 3 is 2.50 bits per heavy atom. The van der Waals surface area contributed by atoms with Crippen molar-refractivity contribution in [2.75, 3.05) is 6.54 Å². The van der Waals surface area contributed by atoms with Gasteiger partial charge in [0.05, 0.1) is 0 Å². The van der Waals surface area contributed by atoms with Crippen molar-refractivity contribution in [3.05, 3.63) is 23.8 Å². The van der Waals surface area contributed by atoms with Crippen LogP contribution in [0.2, 0.25) is 0 Å². The second-order valence-electron chi connectivity index (χ2n) is 6.72. The average molecular weight is 277 g/mol. The number of rotatable bonds is 6. The van der Waals surface area contributed by atoms with Crippen molar-refractivity contribution in [3.8, 4) is 11.5 Å². The fourth-order valence-electron chi connectivity index (χ4n) is 3.61. The van der Waals surface area contributed by atoms with E-state index in [1.165, 1.54) is 38.2 Å². The van der Waals surface area contributed by atoms with E-state index in [2.05, 4.69) is 19.2 Å². The normalized spacial score (nSPS) is 17.8. The van der Waals surface area contributed by atoms with Gasteiger partial charge in [-0.2, -0.15) is 0 Å². The van der Waals surface area contributed by atoms with Crippen molar-refractivity contribution in [1.82, 2.24) is 5.32 Å². The molecule has 0 radical (unpaired) electrons. The molecule has 2 rings (SSSR count). The second kappa shape index (κ2) is 6.49. The second-order valence-corrected chi connectivity index (χ2v) is 6.72. The third-order valence-corrected chi connectivity index (χ3v) is 4.39. The SMILES string of the molecule is CC(C)CC1(CNCc2ccc(O)cc2O)CCCC1. The van der Waals surface area contributed by atoms with Gasteiger partial charge in [0.15, 0.2) is 0 Å². The lowest BCUT2D eigenvalue weighted by Gasteiger charge is -2.31. The molecule has 1 aliphatic rings. The number of phenols is 2. The molecule has 0 atom stereocenters. The molecule has 1 fully saturated rings. The molecular weight excluding hydrogens is 250 g/mol. The Labute approximate surface area is 122 Å². The highest BCUT2D eigenvalue weighted by Gasteiger charge is 2.33. The lowest BCUT2D eigenvalue weighted by molar-refractivity contribution is 0.223. The molecule has 112 valence electrons. The van der Waals surface area contributed by atoms with E-state index in [0.717, 1.165) is 18.0 Å². The molecule has 20 heavy (non-hydrogen) atoms. The zero-order valence-corrected chi connectivity index (χ0v) is 12.7. The van der Waals surface area contributed by atoms with Crippen LogP contribution in [0.15, 0.2) is 18.2 Å². The minimum absolute atomic E-state index is 0.110. The number of benzene rings is 1. The van der Waals surface area contributed by atoms with Crippen molar-refractivity contribution in [1.29, 1.82) is 0 Å². The van der Waals surface area contributed by atoms with Gasteiger partial charge in [0.2, 0.25) is 0 Å². The van der Waals surface area contributed by atoms with Crippen LogP contribution < -0.4 is 5.32 Å². The Morgan fingerprint density at radius 2 is 1.90 bits per heavy atom. The molecule has 0 aromatic heterocycles. The Morgan fingerprint density at radius 1 is 1.20 bits per heavy atom. The van der Waals surface area contributed by atoms with Crippen molar-refractivity contribution in [2.24, 2.45) is 11.3 Å². The van der Waals surface area contributed by atoms with Crippen LogP contribution in [0.3, 0.4) is 0 Å². The summed E-state index contributed by atoms with van der Waals surface area (Å²) in [6.07, 6.45) is 6.61. The fraction of sp³-hybridized carbons (Fsp3) is 0.647. The molecule has 3 heteroatoms. The lowest BCUT2D eigenvalue weighted by atomic mass is 9.78. The lowest BCUT2D eigenvalue weighted by Crippen LogP contribution is -2.33. The van der Waals surface area contributed by atoms with Gasteiger partial charge in [-0.3, -0.25) is 0 Å². The van der Waals surface area contributed by atoms with E-state index in [-0.39, 0.29) is 11.5 Å².